The van der Waals surface area contributed by atoms with E-state index in [0.29, 0.717) is 5.56 Å². The van der Waals surface area contributed by atoms with E-state index >= 15 is 0 Å². The number of hydrogen-bond donors (Lipinski definition) is 1. The second-order valence-corrected chi connectivity index (χ2v) is 7.06. The van der Waals surface area contributed by atoms with E-state index in [4.69, 9.17) is 0 Å². The van der Waals surface area contributed by atoms with Gasteiger partial charge in [0.25, 0.3) is 5.91 Å². The van der Waals surface area contributed by atoms with Crippen molar-refractivity contribution in [3.63, 3.8) is 0 Å². The summed E-state index contributed by atoms with van der Waals surface area (Å²) in [7, 11) is -3.37. The van der Waals surface area contributed by atoms with E-state index in [-0.39, 0.29) is 25.5 Å². The lowest BCUT2D eigenvalue weighted by atomic mass is 10.2. The fourth-order valence-corrected chi connectivity index (χ4v) is 2.85. The SMILES string of the molecule is CS(=O)(=O)N(CCNC(=O)c1ccccc1)Cc1cccnc1. The molecule has 1 aromatic carbocycles. The third kappa shape index (κ3) is 5.46. The molecule has 1 amide bonds. The summed E-state index contributed by atoms with van der Waals surface area (Å²) < 4.78 is 25.1. The highest BCUT2D eigenvalue weighted by Crippen LogP contribution is 2.06. The number of nitrogens with zero attached hydrogens (tertiary/aromatic N) is 2. The Bertz CT molecular complexity index is 734. The number of amides is 1. The first-order chi connectivity index (χ1) is 11.0. The lowest BCUT2D eigenvalue weighted by Gasteiger charge is -2.20. The summed E-state index contributed by atoms with van der Waals surface area (Å²) in [4.78, 5) is 15.9. The molecule has 0 spiro atoms. The molecule has 0 atom stereocenters. The van der Waals surface area contributed by atoms with Crippen LogP contribution in [-0.2, 0) is 16.6 Å². The lowest BCUT2D eigenvalue weighted by Crippen LogP contribution is -2.37. The number of aromatic nitrogens is 1. The number of benzene rings is 1. The smallest absolute Gasteiger partial charge is 0.251 e. The van der Waals surface area contributed by atoms with Crippen LogP contribution in [0.15, 0.2) is 54.9 Å². The molecule has 1 N–H and O–H groups in total. The molecule has 0 aliphatic rings. The normalized spacial score (nSPS) is 11.4. The van der Waals surface area contributed by atoms with Crippen LogP contribution in [0.25, 0.3) is 0 Å². The zero-order valence-electron chi connectivity index (χ0n) is 12.8. The van der Waals surface area contributed by atoms with Crippen LogP contribution in [0.4, 0.5) is 0 Å². The minimum Gasteiger partial charge on any atom is -0.351 e. The summed E-state index contributed by atoms with van der Waals surface area (Å²) in [6, 6.07) is 12.4. The number of rotatable bonds is 7. The molecule has 0 radical (unpaired) electrons. The van der Waals surface area contributed by atoms with Gasteiger partial charge in [-0.1, -0.05) is 24.3 Å². The molecular weight excluding hydrogens is 314 g/mol. The van der Waals surface area contributed by atoms with Gasteiger partial charge in [-0.2, -0.15) is 4.31 Å². The van der Waals surface area contributed by atoms with Crippen molar-refractivity contribution < 1.29 is 13.2 Å². The monoisotopic (exact) mass is 333 g/mol. The maximum absolute atomic E-state index is 11.9. The zero-order valence-corrected chi connectivity index (χ0v) is 13.7. The maximum Gasteiger partial charge on any atom is 0.251 e. The van der Waals surface area contributed by atoms with Crippen molar-refractivity contribution in [1.82, 2.24) is 14.6 Å². The predicted octanol–water partition coefficient (Wildman–Crippen LogP) is 1.27. The average Bonchev–Trinajstić information content (AvgIpc) is 2.54. The molecule has 0 unspecified atom stereocenters. The first-order valence-electron chi connectivity index (χ1n) is 7.14. The fraction of sp³-hybridized carbons (Fsp3) is 0.250. The van der Waals surface area contributed by atoms with Crippen molar-refractivity contribution in [2.24, 2.45) is 0 Å². The summed E-state index contributed by atoms with van der Waals surface area (Å²) in [5.74, 6) is -0.222. The first-order valence-corrected chi connectivity index (χ1v) is 8.99. The average molecular weight is 333 g/mol. The van der Waals surface area contributed by atoms with E-state index in [1.54, 1.807) is 42.7 Å². The first kappa shape index (κ1) is 17.1. The van der Waals surface area contributed by atoms with Gasteiger partial charge in [0.05, 0.1) is 6.26 Å². The van der Waals surface area contributed by atoms with Gasteiger partial charge >= 0.3 is 0 Å². The van der Waals surface area contributed by atoms with Crippen LogP contribution in [0.2, 0.25) is 0 Å². The molecule has 0 aliphatic carbocycles. The van der Waals surface area contributed by atoms with Gasteiger partial charge in [-0.3, -0.25) is 9.78 Å². The van der Waals surface area contributed by atoms with Gasteiger partial charge in [0.1, 0.15) is 0 Å². The van der Waals surface area contributed by atoms with Crippen molar-refractivity contribution in [2.75, 3.05) is 19.3 Å². The third-order valence-electron chi connectivity index (χ3n) is 3.23. The van der Waals surface area contributed by atoms with E-state index in [9.17, 15) is 13.2 Å². The molecule has 1 heterocycles. The molecule has 7 heteroatoms. The van der Waals surface area contributed by atoms with Crippen LogP contribution < -0.4 is 5.32 Å². The van der Waals surface area contributed by atoms with Crippen LogP contribution >= 0.6 is 0 Å². The van der Waals surface area contributed by atoms with E-state index < -0.39 is 10.0 Å². The zero-order chi connectivity index (χ0) is 16.7. The van der Waals surface area contributed by atoms with Crippen molar-refractivity contribution in [3.05, 3.63) is 66.0 Å². The summed E-state index contributed by atoms with van der Waals surface area (Å²) in [5, 5.41) is 2.73. The van der Waals surface area contributed by atoms with Gasteiger partial charge < -0.3 is 5.32 Å². The highest BCUT2D eigenvalue weighted by Gasteiger charge is 2.17. The molecule has 0 saturated carbocycles. The summed E-state index contributed by atoms with van der Waals surface area (Å²) in [6.45, 7) is 0.668. The number of carbonyl (C=O) groups excluding carboxylic acids is 1. The van der Waals surface area contributed by atoms with Gasteiger partial charge in [0, 0.05) is 37.6 Å². The van der Waals surface area contributed by atoms with Crippen LogP contribution in [0.3, 0.4) is 0 Å². The summed E-state index contributed by atoms with van der Waals surface area (Å²) >= 11 is 0. The van der Waals surface area contributed by atoms with Gasteiger partial charge in [0.2, 0.25) is 10.0 Å². The van der Waals surface area contributed by atoms with Gasteiger partial charge in [-0.15, -0.1) is 0 Å². The lowest BCUT2D eigenvalue weighted by molar-refractivity contribution is 0.0951. The molecule has 2 rings (SSSR count). The molecular formula is C16H19N3O3S. The van der Waals surface area contributed by atoms with Crippen LogP contribution in [-0.4, -0.2) is 43.0 Å². The number of nitrogens with one attached hydrogen (secondary N) is 1. The van der Waals surface area contributed by atoms with E-state index in [0.717, 1.165) is 11.8 Å². The minimum absolute atomic E-state index is 0.201. The molecule has 1 aromatic heterocycles. The molecule has 6 nitrogen and oxygen atoms in total. The summed E-state index contributed by atoms with van der Waals surface area (Å²) in [5.41, 5.74) is 1.35. The van der Waals surface area contributed by atoms with Gasteiger partial charge in [-0.25, -0.2) is 8.42 Å². The molecule has 0 saturated heterocycles. The highest BCUT2D eigenvalue weighted by atomic mass is 32.2. The molecule has 2 aromatic rings. The predicted molar refractivity (Wildman–Crippen MR) is 88.3 cm³/mol. The Labute approximate surface area is 136 Å². The topological polar surface area (TPSA) is 79.4 Å². The van der Waals surface area contributed by atoms with Crippen LogP contribution in [0, 0.1) is 0 Å². The van der Waals surface area contributed by atoms with Crippen LogP contribution in [0.5, 0.6) is 0 Å². The Balaban J connectivity index is 1.93. The van der Waals surface area contributed by atoms with Crippen molar-refractivity contribution in [2.45, 2.75) is 6.54 Å². The largest absolute Gasteiger partial charge is 0.351 e. The van der Waals surface area contributed by atoms with Crippen LogP contribution in [0.1, 0.15) is 15.9 Å². The Morgan fingerprint density at radius 3 is 2.52 bits per heavy atom. The Morgan fingerprint density at radius 2 is 1.91 bits per heavy atom. The second-order valence-electron chi connectivity index (χ2n) is 5.08. The number of hydrogen-bond acceptors (Lipinski definition) is 4. The quantitative estimate of drug-likeness (QED) is 0.828. The standard InChI is InChI=1S/C16H19N3O3S/c1-23(21,22)19(13-14-6-5-9-17-12-14)11-10-18-16(20)15-7-3-2-4-8-15/h2-9,12H,10-11,13H2,1H3,(H,18,20). The van der Waals surface area contributed by atoms with E-state index in [1.807, 2.05) is 12.1 Å². The molecule has 0 bridgehead atoms. The Morgan fingerprint density at radius 1 is 1.17 bits per heavy atom. The molecule has 122 valence electrons. The summed E-state index contributed by atoms with van der Waals surface area (Å²) in [6.07, 6.45) is 4.41. The fourth-order valence-electron chi connectivity index (χ4n) is 2.04. The maximum atomic E-state index is 11.9. The highest BCUT2D eigenvalue weighted by molar-refractivity contribution is 7.88. The number of carbonyl (C=O) groups is 1. The molecule has 23 heavy (non-hydrogen) atoms. The van der Waals surface area contributed by atoms with Gasteiger partial charge in [-0.05, 0) is 23.8 Å². The number of sulfonamides is 1. The third-order valence-corrected chi connectivity index (χ3v) is 4.48. The van der Waals surface area contributed by atoms with Crippen molar-refractivity contribution in [1.29, 1.82) is 0 Å². The second kappa shape index (κ2) is 7.85. The van der Waals surface area contributed by atoms with Crippen molar-refractivity contribution >= 4 is 15.9 Å². The number of pyridine rings is 1. The van der Waals surface area contributed by atoms with Crippen molar-refractivity contribution in [3.8, 4) is 0 Å². The minimum atomic E-state index is -3.37. The van der Waals surface area contributed by atoms with E-state index in [2.05, 4.69) is 10.3 Å². The van der Waals surface area contributed by atoms with E-state index in [1.165, 1.54) is 4.31 Å². The molecule has 0 aliphatic heterocycles. The molecule has 0 fully saturated rings. The Hall–Kier alpha value is -2.25. The van der Waals surface area contributed by atoms with Gasteiger partial charge in [0.15, 0.2) is 0 Å². The Kier molecular flexibility index (Phi) is 5.84.